The number of nitrogens with one attached hydrogen (secondary N) is 3. The molecule has 3 N–H and O–H groups in total. The minimum Gasteiger partial charge on any atom is -0.325 e. The van der Waals surface area contributed by atoms with Gasteiger partial charge in [-0.1, -0.05) is 54.6 Å². The van der Waals surface area contributed by atoms with Crippen molar-refractivity contribution in [3.8, 4) is 0 Å². The quantitative estimate of drug-likeness (QED) is 0.111. The molecule has 0 aliphatic heterocycles. The SMILES string of the molecule is O=C(CSc1cccc(NC(=O)/C(=C/c2ccccc2F)NC(=O)c2ccccc2)c1)Nc1ccccc1C(F)(F)F. The number of anilines is 2. The number of carbonyl (C=O) groups is 3. The molecule has 0 unspecified atom stereocenters. The molecule has 0 fully saturated rings. The van der Waals surface area contributed by atoms with Crippen LogP contribution in [-0.4, -0.2) is 23.5 Å². The summed E-state index contributed by atoms with van der Waals surface area (Å²) in [6.45, 7) is 0. The molecular weight excluding hydrogens is 570 g/mol. The molecule has 0 aliphatic rings. The maximum absolute atomic E-state index is 14.3. The lowest BCUT2D eigenvalue weighted by Crippen LogP contribution is -2.30. The molecule has 0 atom stereocenters. The van der Waals surface area contributed by atoms with Crippen LogP contribution < -0.4 is 16.0 Å². The van der Waals surface area contributed by atoms with Crippen molar-refractivity contribution in [3.05, 3.63) is 131 Å². The highest BCUT2D eigenvalue weighted by atomic mass is 32.2. The van der Waals surface area contributed by atoms with Crippen LogP contribution in [0.25, 0.3) is 6.08 Å². The summed E-state index contributed by atoms with van der Waals surface area (Å²) in [5.74, 6) is -2.74. The predicted octanol–water partition coefficient (Wildman–Crippen LogP) is 6.98. The van der Waals surface area contributed by atoms with Gasteiger partial charge in [-0.05, 0) is 54.6 Å². The Labute approximate surface area is 242 Å². The Morgan fingerprint density at radius 1 is 0.786 bits per heavy atom. The minimum absolute atomic E-state index is 0.0819. The first kappa shape index (κ1) is 30.1. The van der Waals surface area contributed by atoms with Gasteiger partial charge in [-0.2, -0.15) is 13.2 Å². The fourth-order valence-corrected chi connectivity index (χ4v) is 4.48. The van der Waals surface area contributed by atoms with Crippen LogP contribution in [0.15, 0.2) is 114 Å². The Balaban J connectivity index is 1.46. The number of amides is 3. The molecule has 3 amide bonds. The first-order valence-electron chi connectivity index (χ1n) is 12.4. The lowest BCUT2D eigenvalue weighted by atomic mass is 10.1. The first-order chi connectivity index (χ1) is 20.1. The second kappa shape index (κ2) is 13.6. The van der Waals surface area contributed by atoms with E-state index in [0.29, 0.717) is 16.1 Å². The number of carbonyl (C=O) groups excluding carboxylic acids is 3. The van der Waals surface area contributed by atoms with Crippen molar-refractivity contribution in [2.24, 2.45) is 0 Å². The zero-order valence-electron chi connectivity index (χ0n) is 21.7. The first-order valence-corrected chi connectivity index (χ1v) is 13.4. The summed E-state index contributed by atoms with van der Waals surface area (Å²) in [5, 5.41) is 7.46. The van der Waals surface area contributed by atoms with Gasteiger partial charge >= 0.3 is 6.18 Å². The molecule has 0 heterocycles. The van der Waals surface area contributed by atoms with Gasteiger partial charge in [0.25, 0.3) is 11.8 Å². The topological polar surface area (TPSA) is 87.3 Å². The van der Waals surface area contributed by atoms with E-state index in [1.165, 1.54) is 42.5 Å². The molecule has 0 saturated heterocycles. The number of para-hydroxylation sites is 1. The maximum Gasteiger partial charge on any atom is 0.418 e. The van der Waals surface area contributed by atoms with E-state index in [1.807, 2.05) is 0 Å². The van der Waals surface area contributed by atoms with Gasteiger partial charge in [-0.3, -0.25) is 14.4 Å². The highest BCUT2D eigenvalue weighted by Crippen LogP contribution is 2.34. The summed E-state index contributed by atoms with van der Waals surface area (Å²) in [6.07, 6.45) is -3.41. The van der Waals surface area contributed by atoms with Crippen LogP contribution in [0.5, 0.6) is 0 Å². The fourth-order valence-electron chi connectivity index (χ4n) is 3.73. The van der Waals surface area contributed by atoms with Gasteiger partial charge in [-0.15, -0.1) is 11.8 Å². The van der Waals surface area contributed by atoms with E-state index in [2.05, 4.69) is 16.0 Å². The van der Waals surface area contributed by atoms with E-state index < -0.39 is 35.3 Å². The van der Waals surface area contributed by atoms with Crippen molar-refractivity contribution >= 4 is 46.9 Å². The highest BCUT2D eigenvalue weighted by molar-refractivity contribution is 8.00. The van der Waals surface area contributed by atoms with Gasteiger partial charge in [0.05, 0.1) is 17.0 Å². The van der Waals surface area contributed by atoms with E-state index in [9.17, 15) is 31.9 Å². The van der Waals surface area contributed by atoms with E-state index in [1.54, 1.807) is 60.7 Å². The summed E-state index contributed by atoms with van der Waals surface area (Å²) < 4.78 is 54.0. The largest absolute Gasteiger partial charge is 0.418 e. The third kappa shape index (κ3) is 8.31. The third-order valence-corrected chi connectivity index (χ3v) is 6.70. The molecule has 6 nitrogen and oxygen atoms in total. The molecule has 0 radical (unpaired) electrons. The summed E-state index contributed by atoms with van der Waals surface area (Å²) in [6, 6.07) is 25.0. The molecule has 0 saturated carbocycles. The second-order valence-electron chi connectivity index (χ2n) is 8.76. The number of thioether (sulfide) groups is 1. The molecule has 42 heavy (non-hydrogen) atoms. The van der Waals surface area contributed by atoms with E-state index in [4.69, 9.17) is 0 Å². The molecule has 4 aromatic rings. The third-order valence-electron chi connectivity index (χ3n) is 5.70. The fraction of sp³-hybridized carbons (Fsp3) is 0.0645. The van der Waals surface area contributed by atoms with Gasteiger partial charge < -0.3 is 16.0 Å². The molecule has 0 aliphatic carbocycles. The minimum atomic E-state index is -4.62. The molecule has 214 valence electrons. The lowest BCUT2D eigenvalue weighted by Gasteiger charge is -2.14. The predicted molar refractivity (Wildman–Crippen MR) is 154 cm³/mol. The van der Waals surface area contributed by atoms with Crippen LogP contribution in [0, 0.1) is 5.82 Å². The molecule has 0 bridgehead atoms. The number of benzene rings is 4. The van der Waals surface area contributed by atoms with Crippen molar-refractivity contribution in [2.45, 2.75) is 11.1 Å². The van der Waals surface area contributed by atoms with Crippen molar-refractivity contribution in [1.29, 1.82) is 0 Å². The number of alkyl halides is 3. The Bertz CT molecular complexity index is 1630. The lowest BCUT2D eigenvalue weighted by molar-refractivity contribution is -0.137. The average molecular weight is 594 g/mol. The summed E-state index contributed by atoms with van der Waals surface area (Å²) >= 11 is 1.04. The number of halogens is 4. The van der Waals surface area contributed by atoms with Crippen molar-refractivity contribution < 1.29 is 31.9 Å². The van der Waals surface area contributed by atoms with E-state index in [0.717, 1.165) is 17.8 Å². The van der Waals surface area contributed by atoms with Gasteiger partial charge in [0.2, 0.25) is 5.91 Å². The van der Waals surface area contributed by atoms with E-state index >= 15 is 0 Å². The zero-order valence-corrected chi connectivity index (χ0v) is 22.6. The summed E-state index contributed by atoms with van der Waals surface area (Å²) in [4.78, 5) is 38.9. The Hall–Kier alpha value is -4.90. The van der Waals surface area contributed by atoms with E-state index in [-0.39, 0.29) is 22.7 Å². The zero-order chi connectivity index (χ0) is 30.1. The van der Waals surface area contributed by atoms with Crippen LogP contribution >= 0.6 is 11.8 Å². The summed E-state index contributed by atoms with van der Waals surface area (Å²) in [5.41, 5.74) is -0.830. The van der Waals surface area contributed by atoms with Crippen molar-refractivity contribution in [3.63, 3.8) is 0 Å². The van der Waals surface area contributed by atoms with Crippen molar-refractivity contribution in [2.75, 3.05) is 16.4 Å². The molecule has 0 aromatic heterocycles. The molecule has 4 rings (SSSR count). The number of hydrogen-bond acceptors (Lipinski definition) is 4. The Morgan fingerprint density at radius 2 is 1.48 bits per heavy atom. The van der Waals surface area contributed by atoms with Gasteiger partial charge in [-0.25, -0.2) is 4.39 Å². The van der Waals surface area contributed by atoms with Crippen LogP contribution in [0.3, 0.4) is 0 Å². The van der Waals surface area contributed by atoms with Gasteiger partial charge in [0.1, 0.15) is 11.5 Å². The van der Waals surface area contributed by atoms with Crippen LogP contribution in [-0.2, 0) is 15.8 Å². The van der Waals surface area contributed by atoms with Gasteiger partial charge in [0.15, 0.2) is 0 Å². The molecule has 0 spiro atoms. The average Bonchev–Trinajstić information content (AvgIpc) is 2.97. The van der Waals surface area contributed by atoms with Crippen LogP contribution in [0.2, 0.25) is 0 Å². The standard InChI is InChI=1S/C31H23F4N3O3S/c32-25-15-6-4-11-21(25)17-27(38-29(40)20-9-2-1-3-10-20)30(41)36-22-12-8-13-23(18-22)42-19-28(39)37-26-16-7-5-14-24(26)31(33,34)35/h1-18H,19H2,(H,36,41)(H,37,39)(H,38,40)/b27-17-. The number of hydrogen-bond donors (Lipinski definition) is 3. The molecular formula is C31H23F4N3O3S. The molecule has 11 heteroatoms. The maximum atomic E-state index is 14.3. The molecule has 4 aromatic carbocycles. The smallest absolute Gasteiger partial charge is 0.325 e. The van der Waals surface area contributed by atoms with Crippen LogP contribution in [0.4, 0.5) is 28.9 Å². The van der Waals surface area contributed by atoms with Gasteiger partial charge in [0, 0.05) is 21.7 Å². The van der Waals surface area contributed by atoms with Crippen molar-refractivity contribution in [1.82, 2.24) is 5.32 Å². The summed E-state index contributed by atoms with van der Waals surface area (Å²) in [7, 11) is 0. The Kier molecular flexibility index (Phi) is 9.77. The van der Waals surface area contributed by atoms with Crippen LogP contribution in [0.1, 0.15) is 21.5 Å². The highest BCUT2D eigenvalue weighted by Gasteiger charge is 2.33. The monoisotopic (exact) mass is 593 g/mol. The normalized spacial score (nSPS) is 11.5. The Morgan fingerprint density at radius 3 is 2.21 bits per heavy atom. The number of rotatable bonds is 9. The second-order valence-corrected chi connectivity index (χ2v) is 9.81.